The molecule has 6 heteroatoms. The van der Waals surface area contributed by atoms with Gasteiger partial charge in [0.1, 0.15) is 17.6 Å². The van der Waals surface area contributed by atoms with E-state index in [1.807, 2.05) is 18.2 Å². The number of rotatable bonds is 4. The number of methoxy groups -OCH3 is 2. The Morgan fingerprint density at radius 1 is 1.08 bits per heavy atom. The Morgan fingerprint density at radius 3 is 2.23 bits per heavy atom. The monoisotopic (exact) mass is 372 g/mol. The van der Waals surface area contributed by atoms with Crippen molar-refractivity contribution in [2.45, 2.75) is 18.4 Å². The molecule has 0 aromatic heterocycles. The third kappa shape index (κ3) is 3.57. The molecule has 2 aromatic carbocycles. The van der Waals surface area contributed by atoms with Crippen LogP contribution in [0.2, 0.25) is 5.02 Å². The van der Waals surface area contributed by atoms with Crippen LogP contribution < -0.4 is 14.4 Å². The summed E-state index contributed by atoms with van der Waals surface area (Å²) >= 11 is 5.98. The molecule has 0 spiro atoms. The maximum Gasteiger partial charge on any atom is 0.122 e. The zero-order valence-corrected chi connectivity index (χ0v) is 15.6. The van der Waals surface area contributed by atoms with Gasteiger partial charge in [-0.3, -0.25) is 0 Å². The fourth-order valence-electron chi connectivity index (χ4n) is 3.36. The van der Waals surface area contributed by atoms with E-state index in [0.717, 1.165) is 11.3 Å². The van der Waals surface area contributed by atoms with Crippen LogP contribution >= 0.6 is 11.6 Å². The van der Waals surface area contributed by atoms with Crippen LogP contribution in [0, 0.1) is 11.3 Å². The second kappa shape index (κ2) is 7.45. The minimum absolute atomic E-state index is 0.539. The molecule has 3 rings (SSSR count). The number of benzene rings is 2. The highest BCUT2D eigenvalue weighted by Gasteiger charge is 2.35. The molecule has 0 radical (unpaired) electrons. The highest BCUT2D eigenvalue weighted by molar-refractivity contribution is 6.30. The van der Waals surface area contributed by atoms with Crippen LogP contribution in [-0.2, 0) is 5.60 Å². The van der Waals surface area contributed by atoms with Crippen molar-refractivity contribution in [2.24, 2.45) is 0 Å². The summed E-state index contributed by atoms with van der Waals surface area (Å²) in [5.41, 5.74) is 1.22. The summed E-state index contributed by atoms with van der Waals surface area (Å²) in [6.45, 7) is 1.26. The lowest BCUT2D eigenvalue weighted by atomic mass is 9.84. The van der Waals surface area contributed by atoms with E-state index in [1.54, 1.807) is 32.4 Å². The predicted molar refractivity (Wildman–Crippen MR) is 101 cm³/mol. The summed E-state index contributed by atoms with van der Waals surface area (Å²) in [5.74, 6) is 1.30. The Hall–Kier alpha value is -2.42. The zero-order chi connectivity index (χ0) is 18.7. The number of ether oxygens (including phenoxy) is 2. The van der Waals surface area contributed by atoms with Crippen LogP contribution in [0.3, 0.4) is 0 Å². The first-order valence-corrected chi connectivity index (χ1v) is 8.77. The predicted octanol–water partition coefficient (Wildman–Crippen LogP) is 3.72. The molecule has 0 unspecified atom stereocenters. The first-order chi connectivity index (χ1) is 12.5. The molecule has 1 heterocycles. The van der Waals surface area contributed by atoms with Crippen LogP contribution in [0.4, 0.5) is 5.69 Å². The highest BCUT2D eigenvalue weighted by atomic mass is 35.5. The summed E-state index contributed by atoms with van der Waals surface area (Å²) < 4.78 is 10.6. The molecule has 1 saturated heterocycles. The van der Waals surface area contributed by atoms with E-state index in [0.29, 0.717) is 48.0 Å². The number of halogens is 1. The number of nitriles is 1. The van der Waals surface area contributed by atoms with Gasteiger partial charge in [0.25, 0.3) is 0 Å². The van der Waals surface area contributed by atoms with E-state index < -0.39 is 5.60 Å². The third-order valence-corrected chi connectivity index (χ3v) is 5.13. The van der Waals surface area contributed by atoms with Crippen molar-refractivity contribution >= 4 is 17.3 Å². The molecule has 0 bridgehead atoms. The van der Waals surface area contributed by atoms with Gasteiger partial charge in [0.05, 0.1) is 31.1 Å². The van der Waals surface area contributed by atoms with Gasteiger partial charge in [-0.2, -0.15) is 5.26 Å². The smallest absolute Gasteiger partial charge is 0.122 e. The molecular formula is C20H21ClN2O3. The largest absolute Gasteiger partial charge is 0.497 e. The molecule has 5 nitrogen and oxygen atoms in total. The minimum atomic E-state index is -0.961. The van der Waals surface area contributed by atoms with Crippen LogP contribution in [0.15, 0.2) is 36.4 Å². The van der Waals surface area contributed by atoms with Crippen molar-refractivity contribution < 1.29 is 14.6 Å². The normalized spacial score (nSPS) is 16.0. The number of hydrogen-bond donors (Lipinski definition) is 1. The van der Waals surface area contributed by atoms with Gasteiger partial charge in [-0.15, -0.1) is 0 Å². The second-order valence-corrected chi connectivity index (χ2v) is 6.83. The van der Waals surface area contributed by atoms with E-state index in [9.17, 15) is 10.4 Å². The number of piperidine rings is 1. The Balaban J connectivity index is 1.83. The van der Waals surface area contributed by atoms with Crippen molar-refractivity contribution in [2.75, 3.05) is 32.2 Å². The van der Waals surface area contributed by atoms with E-state index >= 15 is 0 Å². The third-order valence-electron chi connectivity index (χ3n) is 4.90. The fraction of sp³-hybridized carbons (Fsp3) is 0.350. The molecule has 1 fully saturated rings. The second-order valence-electron chi connectivity index (χ2n) is 6.39. The van der Waals surface area contributed by atoms with E-state index in [-0.39, 0.29) is 0 Å². The summed E-state index contributed by atoms with van der Waals surface area (Å²) in [6, 6.07) is 13.0. The molecule has 0 saturated carbocycles. The summed E-state index contributed by atoms with van der Waals surface area (Å²) in [5, 5.41) is 21.1. The molecule has 2 aromatic rings. The molecule has 1 N–H and O–H groups in total. The van der Waals surface area contributed by atoms with Gasteiger partial charge in [0, 0.05) is 24.2 Å². The van der Waals surface area contributed by atoms with Crippen molar-refractivity contribution in [3.63, 3.8) is 0 Å². The maximum absolute atomic E-state index is 11.2. The van der Waals surface area contributed by atoms with Gasteiger partial charge in [-0.25, -0.2) is 0 Å². The first kappa shape index (κ1) is 18.4. The van der Waals surface area contributed by atoms with E-state index in [1.165, 1.54) is 0 Å². The topological polar surface area (TPSA) is 65.7 Å². The number of aliphatic hydroxyl groups is 1. The molecule has 26 heavy (non-hydrogen) atoms. The van der Waals surface area contributed by atoms with Crippen LogP contribution in [-0.4, -0.2) is 32.4 Å². The van der Waals surface area contributed by atoms with Gasteiger partial charge in [0.15, 0.2) is 0 Å². The Kier molecular flexibility index (Phi) is 5.26. The molecule has 0 atom stereocenters. The maximum atomic E-state index is 11.2. The summed E-state index contributed by atoms with van der Waals surface area (Å²) in [4.78, 5) is 2.11. The molecule has 1 aliphatic rings. The summed E-state index contributed by atoms with van der Waals surface area (Å²) in [7, 11) is 3.18. The van der Waals surface area contributed by atoms with Crippen molar-refractivity contribution in [1.82, 2.24) is 0 Å². The fourth-order valence-corrected chi connectivity index (χ4v) is 3.53. The van der Waals surface area contributed by atoms with Gasteiger partial charge in [0.2, 0.25) is 0 Å². The zero-order valence-electron chi connectivity index (χ0n) is 14.8. The Labute approximate surface area is 158 Å². The lowest BCUT2D eigenvalue weighted by Gasteiger charge is -2.40. The molecule has 0 amide bonds. The van der Waals surface area contributed by atoms with Crippen molar-refractivity contribution in [3.8, 4) is 17.6 Å². The van der Waals surface area contributed by atoms with E-state index in [2.05, 4.69) is 11.0 Å². The SMILES string of the molecule is COc1cc(OC)cc(C2(O)CCN(c3ccc(Cl)cc3C#N)CC2)c1. The molecular weight excluding hydrogens is 352 g/mol. The number of hydrogen-bond acceptors (Lipinski definition) is 5. The number of nitrogens with zero attached hydrogens (tertiary/aromatic N) is 2. The van der Waals surface area contributed by atoms with Crippen molar-refractivity contribution in [1.29, 1.82) is 5.26 Å². The van der Waals surface area contributed by atoms with Crippen LogP contribution in [0.5, 0.6) is 11.5 Å². The first-order valence-electron chi connectivity index (χ1n) is 8.39. The van der Waals surface area contributed by atoms with Gasteiger partial charge >= 0.3 is 0 Å². The van der Waals surface area contributed by atoms with Gasteiger partial charge in [-0.1, -0.05) is 11.6 Å². The molecule has 1 aliphatic heterocycles. The van der Waals surface area contributed by atoms with Crippen LogP contribution in [0.25, 0.3) is 0 Å². The number of anilines is 1. The highest BCUT2D eigenvalue weighted by Crippen LogP contribution is 2.38. The lowest BCUT2D eigenvalue weighted by molar-refractivity contribution is 0.0114. The van der Waals surface area contributed by atoms with Crippen molar-refractivity contribution in [3.05, 3.63) is 52.5 Å². The quantitative estimate of drug-likeness (QED) is 0.886. The molecule has 0 aliphatic carbocycles. The Bertz CT molecular complexity index is 817. The minimum Gasteiger partial charge on any atom is -0.497 e. The standard InChI is InChI=1S/C20H21ClN2O3/c1-25-17-10-15(11-18(12-17)26-2)20(24)5-7-23(8-6-20)19-4-3-16(21)9-14(19)13-22/h3-4,9-12,24H,5-8H2,1-2H3. The lowest BCUT2D eigenvalue weighted by Crippen LogP contribution is -2.43. The van der Waals surface area contributed by atoms with Crippen LogP contribution in [0.1, 0.15) is 24.0 Å². The molecule has 136 valence electrons. The van der Waals surface area contributed by atoms with Gasteiger partial charge in [-0.05, 0) is 48.7 Å². The Morgan fingerprint density at radius 2 is 1.69 bits per heavy atom. The van der Waals surface area contributed by atoms with Gasteiger partial charge < -0.3 is 19.5 Å². The average Bonchev–Trinajstić information content (AvgIpc) is 2.68. The average molecular weight is 373 g/mol. The summed E-state index contributed by atoms with van der Waals surface area (Å²) in [6.07, 6.45) is 1.08. The van der Waals surface area contributed by atoms with E-state index in [4.69, 9.17) is 21.1 Å².